The second kappa shape index (κ2) is 6.85. The van der Waals surface area contributed by atoms with Gasteiger partial charge in [-0.3, -0.25) is 0 Å². The maximum Gasteiger partial charge on any atom is 0.222 e. The van der Waals surface area contributed by atoms with Gasteiger partial charge in [0.1, 0.15) is 0 Å². The number of anilines is 1. The molecule has 2 rings (SSSR count). The maximum absolute atomic E-state index is 10.5. The molecule has 0 saturated carbocycles. The third-order valence-corrected chi connectivity index (χ3v) is 3.00. The summed E-state index contributed by atoms with van der Waals surface area (Å²) in [5.74, 6) is 0.552. The van der Waals surface area contributed by atoms with Crippen LogP contribution in [0.2, 0.25) is 0 Å². The summed E-state index contributed by atoms with van der Waals surface area (Å²) < 4.78 is 0. The minimum Gasteiger partial charge on any atom is -0.386 e. The van der Waals surface area contributed by atoms with Crippen molar-refractivity contribution in [3.63, 3.8) is 0 Å². The van der Waals surface area contributed by atoms with Gasteiger partial charge in [0.15, 0.2) is 0 Å². The maximum atomic E-state index is 10.5. The van der Waals surface area contributed by atoms with Crippen LogP contribution in [0.1, 0.15) is 31.4 Å². The van der Waals surface area contributed by atoms with Gasteiger partial charge in [-0.2, -0.15) is 0 Å². The Morgan fingerprint density at radius 3 is 2.42 bits per heavy atom. The van der Waals surface area contributed by atoms with E-state index in [-0.39, 0.29) is 6.04 Å². The molecule has 1 aromatic heterocycles. The summed E-state index contributed by atoms with van der Waals surface area (Å²) in [6.07, 6.45) is 4.65. The fraction of sp³-hybridized carbons (Fsp3) is 0.333. The van der Waals surface area contributed by atoms with E-state index in [1.54, 1.807) is 18.5 Å². The highest BCUT2D eigenvalue weighted by Gasteiger charge is 2.20. The molecule has 0 aliphatic heterocycles. The summed E-state index contributed by atoms with van der Waals surface area (Å²) in [7, 11) is 0. The Morgan fingerprint density at radius 1 is 1.11 bits per heavy atom. The second-order valence-corrected chi connectivity index (χ2v) is 4.47. The van der Waals surface area contributed by atoms with Gasteiger partial charge in [-0.25, -0.2) is 9.97 Å². The molecular formula is C15H19N3O. The lowest BCUT2D eigenvalue weighted by atomic mass is 9.99. The van der Waals surface area contributed by atoms with Crippen LogP contribution in [-0.4, -0.2) is 21.1 Å². The van der Waals surface area contributed by atoms with Crippen LogP contribution < -0.4 is 5.32 Å². The second-order valence-electron chi connectivity index (χ2n) is 4.47. The fourth-order valence-electron chi connectivity index (χ4n) is 2.04. The summed E-state index contributed by atoms with van der Waals surface area (Å²) in [4.78, 5) is 8.29. The van der Waals surface area contributed by atoms with Crippen molar-refractivity contribution >= 4 is 5.95 Å². The molecule has 0 spiro atoms. The first-order valence-corrected chi connectivity index (χ1v) is 6.58. The van der Waals surface area contributed by atoms with Crippen LogP contribution in [0.4, 0.5) is 5.95 Å². The molecule has 0 aliphatic carbocycles. The first-order valence-electron chi connectivity index (χ1n) is 6.58. The molecule has 0 bridgehead atoms. The molecule has 2 N–H and O–H groups in total. The highest BCUT2D eigenvalue weighted by Crippen LogP contribution is 2.21. The number of nitrogens with one attached hydrogen (secondary N) is 1. The van der Waals surface area contributed by atoms with Crippen molar-refractivity contribution in [2.75, 3.05) is 5.32 Å². The number of hydrogen-bond donors (Lipinski definition) is 2. The van der Waals surface area contributed by atoms with E-state index in [1.165, 1.54) is 0 Å². The smallest absolute Gasteiger partial charge is 0.222 e. The van der Waals surface area contributed by atoms with E-state index in [9.17, 15) is 5.11 Å². The van der Waals surface area contributed by atoms with Gasteiger partial charge < -0.3 is 10.4 Å². The van der Waals surface area contributed by atoms with Crippen LogP contribution in [0.15, 0.2) is 48.8 Å². The molecule has 0 radical (unpaired) electrons. The molecule has 0 unspecified atom stereocenters. The van der Waals surface area contributed by atoms with Crippen molar-refractivity contribution in [1.29, 1.82) is 0 Å². The summed E-state index contributed by atoms with van der Waals surface area (Å²) in [6.45, 7) is 2.10. The number of nitrogens with zero attached hydrogens (tertiary/aromatic N) is 2. The number of rotatable bonds is 6. The Balaban J connectivity index is 2.11. The Kier molecular flexibility index (Phi) is 4.86. The topological polar surface area (TPSA) is 58.0 Å². The summed E-state index contributed by atoms with van der Waals surface area (Å²) >= 11 is 0. The van der Waals surface area contributed by atoms with Crippen LogP contribution in [0.5, 0.6) is 0 Å². The summed E-state index contributed by atoms with van der Waals surface area (Å²) in [5.41, 5.74) is 0.907. The normalized spacial score (nSPS) is 13.8. The lowest BCUT2D eigenvalue weighted by Gasteiger charge is -2.24. The van der Waals surface area contributed by atoms with Crippen LogP contribution in [0, 0.1) is 0 Å². The zero-order valence-corrected chi connectivity index (χ0v) is 11.0. The molecule has 2 aromatic rings. The largest absolute Gasteiger partial charge is 0.386 e. The van der Waals surface area contributed by atoms with Crippen molar-refractivity contribution < 1.29 is 5.11 Å². The van der Waals surface area contributed by atoms with Gasteiger partial charge in [-0.05, 0) is 18.1 Å². The first kappa shape index (κ1) is 13.5. The highest BCUT2D eigenvalue weighted by atomic mass is 16.3. The van der Waals surface area contributed by atoms with Crippen molar-refractivity contribution in [3.05, 3.63) is 54.4 Å². The lowest BCUT2D eigenvalue weighted by molar-refractivity contribution is 0.149. The van der Waals surface area contributed by atoms with E-state index in [1.807, 2.05) is 30.3 Å². The van der Waals surface area contributed by atoms with Gasteiger partial charge in [-0.15, -0.1) is 0 Å². The lowest BCUT2D eigenvalue weighted by Crippen LogP contribution is -2.28. The van der Waals surface area contributed by atoms with Crippen LogP contribution in [0.25, 0.3) is 0 Å². The third kappa shape index (κ3) is 3.76. The molecule has 2 atom stereocenters. The van der Waals surface area contributed by atoms with E-state index in [4.69, 9.17) is 0 Å². The molecule has 19 heavy (non-hydrogen) atoms. The van der Waals surface area contributed by atoms with Gasteiger partial charge in [-0.1, -0.05) is 43.7 Å². The molecule has 1 aromatic carbocycles. The molecule has 0 fully saturated rings. The van der Waals surface area contributed by atoms with Gasteiger partial charge >= 0.3 is 0 Å². The third-order valence-electron chi connectivity index (χ3n) is 3.00. The number of hydrogen-bond acceptors (Lipinski definition) is 4. The average molecular weight is 257 g/mol. The monoisotopic (exact) mass is 257 g/mol. The first-order chi connectivity index (χ1) is 9.31. The van der Waals surface area contributed by atoms with Crippen molar-refractivity contribution in [2.45, 2.75) is 31.9 Å². The number of aliphatic hydroxyl groups is 1. The van der Waals surface area contributed by atoms with Gasteiger partial charge in [0, 0.05) is 12.4 Å². The van der Waals surface area contributed by atoms with Crippen LogP contribution in [-0.2, 0) is 0 Å². The number of aromatic nitrogens is 2. The minimum atomic E-state index is -0.565. The number of benzene rings is 1. The van der Waals surface area contributed by atoms with E-state index in [0.717, 1.165) is 18.4 Å². The Morgan fingerprint density at radius 2 is 1.79 bits per heavy atom. The van der Waals surface area contributed by atoms with Gasteiger partial charge in [0.05, 0.1) is 12.1 Å². The van der Waals surface area contributed by atoms with Crippen molar-refractivity contribution in [1.82, 2.24) is 9.97 Å². The predicted molar refractivity (Wildman–Crippen MR) is 75.8 cm³/mol. The van der Waals surface area contributed by atoms with E-state index < -0.39 is 6.10 Å². The summed E-state index contributed by atoms with van der Waals surface area (Å²) in [5, 5.41) is 13.7. The zero-order chi connectivity index (χ0) is 13.5. The SMILES string of the molecule is CCC[C@@H](Nc1ncccn1)[C@H](O)c1ccccc1. The fourth-order valence-corrected chi connectivity index (χ4v) is 2.04. The molecule has 0 amide bonds. The molecule has 4 heteroatoms. The van der Waals surface area contributed by atoms with Crippen LogP contribution >= 0.6 is 0 Å². The molecular weight excluding hydrogens is 238 g/mol. The minimum absolute atomic E-state index is 0.0881. The zero-order valence-electron chi connectivity index (χ0n) is 11.0. The number of aliphatic hydroxyl groups excluding tert-OH is 1. The van der Waals surface area contributed by atoms with Gasteiger partial charge in [0.25, 0.3) is 0 Å². The highest BCUT2D eigenvalue weighted by molar-refractivity contribution is 5.28. The molecule has 0 aliphatic rings. The van der Waals surface area contributed by atoms with Gasteiger partial charge in [0.2, 0.25) is 5.95 Å². The van der Waals surface area contributed by atoms with Crippen molar-refractivity contribution in [3.8, 4) is 0 Å². The molecule has 100 valence electrons. The summed E-state index contributed by atoms with van der Waals surface area (Å²) in [6, 6.07) is 11.4. The molecule has 4 nitrogen and oxygen atoms in total. The van der Waals surface area contributed by atoms with Crippen molar-refractivity contribution in [2.24, 2.45) is 0 Å². The standard InChI is InChI=1S/C15H19N3O/c1-2-7-13(18-15-16-10-6-11-17-15)14(19)12-8-4-3-5-9-12/h3-6,8-11,13-14,19H,2,7H2,1H3,(H,16,17,18)/t13-,14-/m1/s1. The Bertz CT molecular complexity index is 475. The predicted octanol–water partition coefficient (Wildman–Crippen LogP) is 2.79. The van der Waals surface area contributed by atoms with E-state index in [2.05, 4.69) is 22.2 Å². The Hall–Kier alpha value is -1.94. The average Bonchev–Trinajstić information content (AvgIpc) is 2.48. The Labute approximate surface area is 113 Å². The quantitative estimate of drug-likeness (QED) is 0.835. The van der Waals surface area contributed by atoms with E-state index in [0.29, 0.717) is 5.95 Å². The van der Waals surface area contributed by atoms with Crippen LogP contribution in [0.3, 0.4) is 0 Å². The molecule has 0 saturated heterocycles. The van der Waals surface area contributed by atoms with E-state index >= 15 is 0 Å². The molecule has 1 heterocycles.